The van der Waals surface area contributed by atoms with Gasteiger partial charge in [-0.1, -0.05) is 33.6 Å². The van der Waals surface area contributed by atoms with Gasteiger partial charge in [0.15, 0.2) is 11.7 Å². The highest BCUT2D eigenvalue weighted by molar-refractivity contribution is 9.10. The third-order valence-corrected chi connectivity index (χ3v) is 4.33. The van der Waals surface area contributed by atoms with Crippen LogP contribution in [-0.4, -0.2) is 36.6 Å². The van der Waals surface area contributed by atoms with Crippen LogP contribution in [0.3, 0.4) is 0 Å². The van der Waals surface area contributed by atoms with Gasteiger partial charge in [0.1, 0.15) is 5.75 Å². The first-order valence-corrected chi connectivity index (χ1v) is 9.54. The van der Waals surface area contributed by atoms with Crippen LogP contribution in [0, 0.1) is 0 Å². The minimum absolute atomic E-state index is 0.145. The lowest BCUT2D eigenvalue weighted by Crippen LogP contribution is -2.49. The summed E-state index contributed by atoms with van der Waals surface area (Å²) in [5, 5.41) is 2.57. The number of hydrazine groups is 1. The van der Waals surface area contributed by atoms with Gasteiger partial charge in [0.2, 0.25) is 0 Å². The van der Waals surface area contributed by atoms with Gasteiger partial charge in [-0.2, -0.15) is 0 Å². The predicted molar refractivity (Wildman–Crippen MR) is 114 cm³/mol. The molecule has 29 heavy (non-hydrogen) atoms. The van der Waals surface area contributed by atoms with Crippen LogP contribution in [0.15, 0.2) is 46.9 Å². The number of carbonyl (C=O) groups excluding carboxylic acids is 3. The first-order chi connectivity index (χ1) is 13.8. The van der Waals surface area contributed by atoms with Crippen LogP contribution in [-0.2, 0) is 9.53 Å². The van der Waals surface area contributed by atoms with Crippen molar-refractivity contribution in [2.24, 2.45) is 0 Å². The van der Waals surface area contributed by atoms with Gasteiger partial charge in [-0.15, -0.1) is 0 Å². The van der Waals surface area contributed by atoms with Gasteiger partial charge in [-0.3, -0.25) is 25.8 Å². The highest BCUT2D eigenvalue weighted by Gasteiger charge is 2.12. The number of ether oxygens (including phenoxy) is 2. The standard InChI is InChI=1S/C18H15BrClN3O5S/c1-27-17(26)11-4-2-3-10(7-11)16(25)21-18(29)23-22-15(24)9-28-14-6-5-12(19)8-13(14)20/h2-8H,9H2,1H3,(H,22,24)(H2,21,23,25,29). The molecule has 0 spiro atoms. The minimum atomic E-state index is -0.571. The predicted octanol–water partition coefficient (Wildman–Crippen LogP) is 2.60. The van der Waals surface area contributed by atoms with Crippen LogP contribution < -0.4 is 20.9 Å². The van der Waals surface area contributed by atoms with Crippen LogP contribution in [0.2, 0.25) is 5.02 Å². The van der Waals surface area contributed by atoms with Crippen molar-refractivity contribution in [2.45, 2.75) is 0 Å². The summed E-state index contributed by atoms with van der Waals surface area (Å²) in [5.74, 6) is -1.35. The van der Waals surface area contributed by atoms with E-state index in [2.05, 4.69) is 36.8 Å². The van der Waals surface area contributed by atoms with Crippen molar-refractivity contribution in [3.8, 4) is 5.75 Å². The molecule has 2 rings (SSSR count). The van der Waals surface area contributed by atoms with Crippen molar-refractivity contribution in [2.75, 3.05) is 13.7 Å². The monoisotopic (exact) mass is 499 g/mol. The zero-order valence-electron chi connectivity index (χ0n) is 15.0. The number of hydrogen-bond donors (Lipinski definition) is 3. The average molecular weight is 501 g/mol. The molecule has 0 aliphatic heterocycles. The number of nitrogens with one attached hydrogen (secondary N) is 3. The van der Waals surface area contributed by atoms with Gasteiger partial charge in [-0.25, -0.2) is 4.79 Å². The summed E-state index contributed by atoms with van der Waals surface area (Å²) in [6.07, 6.45) is 0. The van der Waals surface area contributed by atoms with E-state index in [1.54, 1.807) is 18.2 Å². The van der Waals surface area contributed by atoms with E-state index in [0.29, 0.717) is 10.8 Å². The van der Waals surface area contributed by atoms with Crippen LogP contribution in [0.1, 0.15) is 20.7 Å². The Bertz CT molecular complexity index is 957. The van der Waals surface area contributed by atoms with Crippen molar-refractivity contribution >= 4 is 62.6 Å². The first kappa shape index (κ1) is 22.6. The third kappa shape index (κ3) is 7.00. The molecule has 152 valence electrons. The van der Waals surface area contributed by atoms with Gasteiger partial charge in [0.25, 0.3) is 11.8 Å². The fourth-order valence-corrected chi connectivity index (χ4v) is 2.88. The molecular weight excluding hydrogens is 486 g/mol. The van der Waals surface area contributed by atoms with Gasteiger partial charge in [0.05, 0.1) is 17.7 Å². The van der Waals surface area contributed by atoms with Gasteiger partial charge >= 0.3 is 5.97 Å². The number of carbonyl (C=O) groups is 3. The van der Waals surface area contributed by atoms with E-state index in [9.17, 15) is 14.4 Å². The van der Waals surface area contributed by atoms with Crippen LogP contribution in [0.25, 0.3) is 0 Å². The third-order valence-electron chi connectivity index (χ3n) is 3.34. The Morgan fingerprint density at radius 2 is 1.83 bits per heavy atom. The fraction of sp³-hybridized carbons (Fsp3) is 0.111. The highest BCUT2D eigenvalue weighted by atomic mass is 79.9. The Labute approximate surface area is 185 Å². The maximum atomic E-state index is 12.2. The van der Waals surface area contributed by atoms with E-state index >= 15 is 0 Å². The number of benzene rings is 2. The molecule has 2 amide bonds. The Morgan fingerprint density at radius 1 is 1.10 bits per heavy atom. The molecule has 0 saturated carbocycles. The molecule has 11 heteroatoms. The number of methoxy groups -OCH3 is 1. The average Bonchev–Trinajstić information content (AvgIpc) is 2.71. The maximum Gasteiger partial charge on any atom is 0.337 e. The lowest BCUT2D eigenvalue weighted by Gasteiger charge is -2.12. The lowest BCUT2D eigenvalue weighted by atomic mass is 10.1. The summed E-state index contributed by atoms with van der Waals surface area (Å²) in [5.41, 5.74) is 5.07. The number of esters is 1. The zero-order valence-corrected chi connectivity index (χ0v) is 18.1. The minimum Gasteiger partial charge on any atom is -0.482 e. The molecular formula is C18H15BrClN3O5S. The summed E-state index contributed by atoms with van der Waals surface area (Å²) in [6, 6.07) is 10.9. The molecule has 0 aromatic heterocycles. The second-order valence-electron chi connectivity index (χ2n) is 5.39. The Morgan fingerprint density at radius 3 is 2.52 bits per heavy atom. The van der Waals surface area contributed by atoms with E-state index < -0.39 is 17.8 Å². The van der Waals surface area contributed by atoms with Crippen LogP contribution in [0.4, 0.5) is 0 Å². The molecule has 0 aliphatic carbocycles. The Balaban J connectivity index is 1.81. The summed E-state index contributed by atoms with van der Waals surface area (Å²) in [4.78, 5) is 35.6. The Kier molecular flexibility index (Phi) is 8.37. The highest BCUT2D eigenvalue weighted by Crippen LogP contribution is 2.27. The summed E-state index contributed by atoms with van der Waals surface area (Å²) >= 11 is 14.2. The summed E-state index contributed by atoms with van der Waals surface area (Å²) in [6.45, 7) is -0.327. The SMILES string of the molecule is COC(=O)c1cccc(C(=O)NC(=S)NNC(=O)COc2ccc(Br)cc2Cl)c1. The van der Waals surface area contributed by atoms with E-state index in [0.717, 1.165) is 4.47 Å². The van der Waals surface area contributed by atoms with Crippen molar-refractivity contribution in [1.29, 1.82) is 0 Å². The quantitative estimate of drug-likeness (QED) is 0.329. The largest absolute Gasteiger partial charge is 0.482 e. The number of thiocarbonyl (C=S) groups is 1. The number of amides is 2. The maximum absolute atomic E-state index is 12.2. The van der Waals surface area contributed by atoms with Crippen LogP contribution >= 0.6 is 39.7 Å². The molecule has 0 heterocycles. The van der Waals surface area contributed by atoms with Crippen molar-refractivity contribution in [3.05, 3.63) is 63.1 Å². The summed E-state index contributed by atoms with van der Waals surface area (Å²) < 4.78 is 10.7. The van der Waals surface area contributed by atoms with E-state index in [1.165, 1.54) is 31.4 Å². The van der Waals surface area contributed by atoms with Gasteiger partial charge in [-0.05, 0) is 48.6 Å². The second kappa shape index (κ2) is 10.7. The van der Waals surface area contributed by atoms with Crippen LogP contribution in [0.5, 0.6) is 5.75 Å². The summed E-state index contributed by atoms with van der Waals surface area (Å²) in [7, 11) is 1.24. The number of halogens is 2. The number of rotatable bonds is 5. The number of hydrogen-bond acceptors (Lipinski definition) is 6. The smallest absolute Gasteiger partial charge is 0.337 e. The molecule has 0 radical (unpaired) electrons. The second-order valence-corrected chi connectivity index (χ2v) is 7.12. The molecule has 2 aromatic rings. The van der Waals surface area contributed by atoms with Crippen molar-refractivity contribution in [1.82, 2.24) is 16.2 Å². The van der Waals surface area contributed by atoms with E-state index in [1.807, 2.05) is 0 Å². The molecule has 2 aromatic carbocycles. The molecule has 3 N–H and O–H groups in total. The normalized spacial score (nSPS) is 9.90. The molecule has 8 nitrogen and oxygen atoms in total. The van der Waals surface area contributed by atoms with Crippen molar-refractivity contribution in [3.63, 3.8) is 0 Å². The Hall–Kier alpha value is -2.69. The first-order valence-electron chi connectivity index (χ1n) is 7.96. The molecule has 0 bridgehead atoms. The van der Waals surface area contributed by atoms with Gasteiger partial charge in [0, 0.05) is 10.0 Å². The molecule has 0 atom stereocenters. The molecule has 0 unspecified atom stereocenters. The lowest BCUT2D eigenvalue weighted by molar-refractivity contribution is -0.123. The van der Waals surface area contributed by atoms with E-state index in [4.69, 9.17) is 28.6 Å². The molecule has 0 fully saturated rings. The molecule has 0 saturated heterocycles. The zero-order chi connectivity index (χ0) is 21.4. The fourth-order valence-electron chi connectivity index (χ4n) is 2.01. The molecule has 0 aliphatic rings. The van der Waals surface area contributed by atoms with E-state index in [-0.39, 0.29) is 22.8 Å². The van der Waals surface area contributed by atoms with Crippen molar-refractivity contribution < 1.29 is 23.9 Å². The van der Waals surface area contributed by atoms with Gasteiger partial charge < -0.3 is 9.47 Å². The topological polar surface area (TPSA) is 106 Å².